The van der Waals surface area contributed by atoms with Crippen molar-refractivity contribution in [1.29, 1.82) is 0 Å². The van der Waals surface area contributed by atoms with Crippen molar-refractivity contribution >= 4 is 18.0 Å². The number of aliphatic carboxylic acids is 1. The van der Waals surface area contributed by atoms with Gasteiger partial charge in [-0.2, -0.15) is 0 Å². The smallest absolute Gasteiger partial charge is 0.407 e. The Bertz CT molecular complexity index is 1010. The lowest BCUT2D eigenvalue weighted by atomic mass is 9.89. The molecule has 1 atom stereocenters. The van der Waals surface area contributed by atoms with E-state index in [2.05, 4.69) is 34.9 Å². The van der Waals surface area contributed by atoms with Crippen molar-refractivity contribution in [2.24, 2.45) is 11.3 Å². The third-order valence-corrected chi connectivity index (χ3v) is 6.62. The van der Waals surface area contributed by atoms with Gasteiger partial charge in [0.2, 0.25) is 5.91 Å². The number of hydrogen-bond donors (Lipinski definition) is 3. The second-order valence-electron chi connectivity index (χ2n) is 9.52. The molecular formula is C26H30N2O5. The Morgan fingerprint density at radius 2 is 1.61 bits per heavy atom. The maximum Gasteiger partial charge on any atom is 0.407 e. The fraction of sp³-hybridized carbons (Fsp3) is 0.423. The molecule has 2 aromatic carbocycles. The highest BCUT2D eigenvalue weighted by Gasteiger charge is 2.38. The summed E-state index contributed by atoms with van der Waals surface area (Å²) in [4.78, 5) is 36.5. The third kappa shape index (κ3) is 5.02. The number of carbonyl (C=O) groups excluding carboxylic acids is 2. The monoisotopic (exact) mass is 450 g/mol. The predicted octanol–water partition coefficient (Wildman–Crippen LogP) is 3.92. The molecule has 0 saturated heterocycles. The van der Waals surface area contributed by atoms with Crippen molar-refractivity contribution in [1.82, 2.24) is 10.6 Å². The summed E-state index contributed by atoms with van der Waals surface area (Å²) in [6.45, 7) is 3.66. The van der Waals surface area contributed by atoms with Crippen LogP contribution in [0.3, 0.4) is 0 Å². The average Bonchev–Trinajstić information content (AvgIpc) is 3.58. The number of alkyl carbamates (subject to hydrolysis) is 1. The number of rotatable bonds is 9. The van der Waals surface area contributed by atoms with E-state index in [1.165, 1.54) is 0 Å². The minimum Gasteiger partial charge on any atom is -0.481 e. The molecule has 2 aliphatic rings. The molecule has 174 valence electrons. The first-order valence-corrected chi connectivity index (χ1v) is 11.4. The van der Waals surface area contributed by atoms with Crippen molar-refractivity contribution < 1.29 is 24.2 Å². The highest BCUT2D eigenvalue weighted by atomic mass is 16.5. The van der Waals surface area contributed by atoms with Crippen LogP contribution in [-0.2, 0) is 14.3 Å². The van der Waals surface area contributed by atoms with Crippen molar-refractivity contribution in [2.45, 2.75) is 45.1 Å². The topological polar surface area (TPSA) is 105 Å². The normalized spacial score (nSPS) is 15.8. The largest absolute Gasteiger partial charge is 0.481 e. The van der Waals surface area contributed by atoms with Gasteiger partial charge in [0, 0.05) is 12.5 Å². The number of benzene rings is 2. The summed E-state index contributed by atoms with van der Waals surface area (Å²) in [5.41, 5.74) is 3.64. The lowest BCUT2D eigenvalue weighted by Crippen LogP contribution is -2.49. The van der Waals surface area contributed by atoms with Crippen LogP contribution in [0, 0.1) is 11.3 Å². The van der Waals surface area contributed by atoms with Crippen LogP contribution in [0.1, 0.15) is 50.2 Å². The van der Waals surface area contributed by atoms with Crippen molar-refractivity contribution in [2.75, 3.05) is 13.2 Å². The summed E-state index contributed by atoms with van der Waals surface area (Å²) in [5.74, 6) is -1.17. The van der Waals surface area contributed by atoms with Crippen LogP contribution in [-0.4, -0.2) is 42.3 Å². The Balaban J connectivity index is 1.34. The molecule has 0 aromatic heterocycles. The number of ether oxygens (including phenoxy) is 1. The molecule has 2 amide bonds. The molecule has 0 radical (unpaired) electrons. The Labute approximate surface area is 193 Å². The van der Waals surface area contributed by atoms with Crippen LogP contribution < -0.4 is 10.6 Å². The molecule has 2 aromatic rings. The third-order valence-electron chi connectivity index (χ3n) is 6.62. The molecule has 2 aliphatic carbocycles. The molecule has 3 N–H and O–H groups in total. The van der Waals surface area contributed by atoms with Crippen molar-refractivity contribution in [3.8, 4) is 11.1 Å². The molecule has 7 nitrogen and oxygen atoms in total. The van der Waals surface area contributed by atoms with Gasteiger partial charge in [-0.05, 0) is 61.3 Å². The van der Waals surface area contributed by atoms with Crippen LogP contribution in [0.15, 0.2) is 48.5 Å². The maximum absolute atomic E-state index is 12.7. The molecule has 1 saturated carbocycles. The van der Waals surface area contributed by atoms with Gasteiger partial charge in [0.05, 0.1) is 5.41 Å². The van der Waals surface area contributed by atoms with E-state index < -0.39 is 23.5 Å². The number of carboxylic acid groups (broad SMARTS) is 1. The van der Waals surface area contributed by atoms with E-state index in [1.807, 2.05) is 24.3 Å². The van der Waals surface area contributed by atoms with Gasteiger partial charge in [-0.15, -0.1) is 0 Å². The fourth-order valence-corrected chi connectivity index (χ4v) is 4.31. The van der Waals surface area contributed by atoms with Gasteiger partial charge in [-0.1, -0.05) is 48.5 Å². The fourth-order valence-electron chi connectivity index (χ4n) is 4.31. The summed E-state index contributed by atoms with van der Waals surface area (Å²) < 4.78 is 5.58. The first-order valence-electron chi connectivity index (χ1n) is 11.4. The van der Waals surface area contributed by atoms with E-state index in [-0.39, 0.29) is 30.9 Å². The zero-order chi connectivity index (χ0) is 23.6. The minimum absolute atomic E-state index is 0.0467. The summed E-state index contributed by atoms with van der Waals surface area (Å²) >= 11 is 0. The SMILES string of the molecule is CC(C)(CCNC(=O)C(NC(=O)OCC1c2ccccc2-c2ccccc21)C1CC1)C(=O)O. The highest BCUT2D eigenvalue weighted by Crippen LogP contribution is 2.44. The first-order chi connectivity index (χ1) is 15.8. The van der Waals surface area contributed by atoms with E-state index in [4.69, 9.17) is 4.74 Å². The van der Waals surface area contributed by atoms with E-state index in [0.29, 0.717) is 6.42 Å². The summed E-state index contributed by atoms with van der Waals surface area (Å²) in [6, 6.07) is 15.6. The second kappa shape index (κ2) is 9.25. The Hall–Kier alpha value is -3.35. The second-order valence-corrected chi connectivity index (χ2v) is 9.52. The standard InChI is InChI=1S/C26H30N2O5/c1-26(2,24(30)31)13-14-27-23(29)22(16-11-12-16)28-25(32)33-15-21-19-9-5-3-7-17(19)18-8-4-6-10-20(18)21/h3-10,16,21-22H,11-15H2,1-2H3,(H,27,29)(H,28,32)(H,30,31). The number of carbonyl (C=O) groups is 3. The summed E-state index contributed by atoms with van der Waals surface area (Å²) in [5, 5.41) is 14.7. The van der Waals surface area contributed by atoms with Crippen LogP contribution in [0.5, 0.6) is 0 Å². The van der Waals surface area contributed by atoms with E-state index in [9.17, 15) is 19.5 Å². The number of fused-ring (bicyclic) bond motifs is 3. The average molecular weight is 451 g/mol. The Morgan fingerprint density at radius 3 is 2.15 bits per heavy atom. The van der Waals surface area contributed by atoms with E-state index >= 15 is 0 Å². The van der Waals surface area contributed by atoms with E-state index in [0.717, 1.165) is 35.1 Å². The Kier molecular flexibility index (Phi) is 6.40. The van der Waals surface area contributed by atoms with Gasteiger partial charge >= 0.3 is 12.1 Å². The van der Waals surface area contributed by atoms with Crippen LogP contribution in [0.25, 0.3) is 11.1 Å². The molecule has 1 fully saturated rings. The molecule has 33 heavy (non-hydrogen) atoms. The maximum atomic E-state index is 12.7. The van der Waals surface area contributed by atoms with Crippen LogP contribution in [0.4, 0.5) is 4.79 Å². The van der Waals surface area contributed by atoms with Crippen molar-refractivity contribution in [3.05, 3.63) is 59.7 Å². The lowest BCUT2D eigenvalue weighted by molar-refractivity contribution is -0.147. The van der Waals surface area contributed by atoms with E-state index in [1.54, 1.807) is 13.8 Å². The predicted molar refractivity (Wildman–Crippen MR) is 124 cm³/mol. The van der Waals surface area contributed by atoms with Gasteiger partial charge in [0.1, 0.15) is 12.6 Å². The number of amides is 2. The van der Waals surface area contributed by atoms with Crippen LogP contribution >= 0.6 is 0 Å². The lowest BCUT2D eigenvalue weighted by Gasteiger charge is -2.22. The summed E-state index contributed by atoms with van der Waals surface area (Å²) in [6.07, 6.45) is 1.41. The number of nitrogens with one attached hydrogen (secondary N) is 2. The van der Waals surface area contributed by atoms with Gasteiger partial charge in [0.15, 0.2) is 0 Å². The summed E-state index contributed by atoms with van der Waals surface area (Å²) in [7, 11) is 0. The zero-order valence-electron chi connectivity index (χ0n) is 19.0. The number of hydrogen-bond acceptors (Lipinski definition) is 4. The molecule has 7 heteroatoms. The van der Waals surface area contributed by atoms with Crippen LogP contribution in [0.2, 0.25) is 0 Å². The van der Waals surface area contributed by atoms with Gasteiger partial charge in [-0.25, -0.2) is 4.79 Å². The molecule has 0 aliphatic heterocycles. The molecule has 1 unspecified atom stereocenters. The highest BCUT2D eigenvalue weighted by molar-refractivity contribution is 5.86. The molecule has 0 spiro atoms. The van der Waals surface area contributed by atoms with Gasteiger partial charge < -0.3 is 20.5 Å². The number of carboxylic acids is 1. The molecule has 0 bridgehead atoms. The Morgan fingerprint density at radius 1 is 1.03 bits per heavy atom. The zero-order valence-corrected chi connectivity index (χ0v) is 19.0. The van der Waals surface area contributed by atoms with Gasteiger partial charge in [0.25, 0.3) is 0 Å². The molecular weight excluding hydrogens is 420 g/mol. The van der Waals surface area contributed by atoms with Gasteiger partial charge in [-0.3, -0.25) is 9.59 Å². The quantitative estimate of drug-likeness (QED) is 0.537. The molecule has 4 rings (SSSR count). The first kappa shape index (κ1) is 22.8. The van der Waals surface area contributed by atoms with Crippen molar-refractivity contribution in [3.63, 3.8) is 0 Å². The minimum atomic E-state index is -0.928. The molecule has 0 heterocycles.